The Kier molecular flexibility index (Phi) is 7.37. The molecule has 1 atom stereocenters. The van der Waals surface area contributed by atoms with Gasteiger partial charge in [-0.1, -0.05) is 6.07 Å². The molecule has 1 heterocycles. The van der Waals surface area contributed by atoms with Crippen molar-refractivity contribution in [1.29, 1.82) is 0 Å². The summed E-state index contributed by atoms with van der Waals surface area (Å²) in [7, 11) is 0. The molecule has 114 valence electrons. The Bertz CT molecular complexity index is 414. The van der Waals surface area contributed by atoms with Crippen molar-refractivity contribution in [2.45, 2.75) is 18.9 Å². The predicted octanol–water partition coefficient (Wildman–Crippen LogP) is 2.11. The van der Waals surface area contributed by atoms with Crippen molar-refractivity contribution in [1.82, 2.24) is 10.2 Å². The molecule has 1 aromatic carbocycles. The van der Waals surface area contributed by atoms with E-state index < -0.39 is 11.6 Å². The standard InChI is InChI=1S/C14H20F2N2O.ClH/c15-12-4-3-11(10-13(12)16)14(2-1-9-19)18-7-5-17-6-8-18;/h3-4,10,14,17,19H,1-2,5-9H2;1H/t14-;/m1./s1. The molecule has 0 amide bonds. The van der Waals surface area contributed by atoms with Crippen molar-refractivity contribution in [3.05, 3.63) is 35.4 Å². The molecule has 1 aliphatic heterocycles. The van der Waals surface area contributed by atoms with Crippen LogP contribution in [0.2, 0.25) is 0 Å². The Morgan fingerprint density at radius 1 is 1.20 bits per heavy atom. The monoisotopic (exact) mass is 306 g/mol. The largest absolute Gasteiger partial charge is 0.396 e. The lowest BCUT2D eigenvalue weighted by atomic mass is 9.99. The van der Waals surface area contributed by atoms with Crippen molar-refractivity contribution in [3.8, 4) is 0 Å². The molecular formula is C14H21ClF2N2O. The average Bonchev–Trinajstić information content (AvgIpc) is 2.44. The van der Waals surface area contributed by atoms with Gasteiger partial charge in [0.25, 0.3) is 0 Å². The Balaban J connectivity index is 0.00000200. The molecule has 0 aliphatic carbocycles. The lowest BCUT2D eigenvalue weighted by molar-refractivity contribution is 0.154. The second-order valence-corrected chi connectivity index (χ2v) is 4.84. The zero-order chi connectivity index (χ0) is 13.7. The van der Waals surface area contributed by atoms with E-state index in [9.17, 15) is 8.78 Å². The van der Waals surface area contributed by atoms with Crippen LogP contribution in [0.1, 0.15) is 24.4 Å². The molecule has 6 heteroatoms. The second kappa shape index (κ2) is 8.52. The third-order valence-corrected chi connectivity index (χ3v) is 3.56. The number of benzene rings is 1. The van der Waals surface area contributed by atoms with Crippen LogP contribution in [0.25, 0.3) is 0 Å². The van der Waals surface area contributed by atoms with Crippen LogP contribution in [-0.4, -0.2) is 42.8 Å². The zero-order valence-corrected chi connectivity index (χ0v) is 12.1. The van der Waals surface area contributed by atoms with Crippen molar-refractivity contribution in [2.75, 3.05) is 32.8 Å². The van der Waals surface area contributed by atoms with Crippen LogP contribution < -0.4 is 5.32 Å². The number of hydrogen-bond acceptors (Lipinski definition) is 3. The first-order valence-corrected chi connectivity index (χ1v) is 6.73. The topological polar surface area (TPSA) is 35.5 Å². The number of nitrogens with one attached hydrogen (secondary N) is 1. The predicted molar refractivity (Wildman–Crippen MR) is 77.1 cm³/mol. The van der Waals surface area contributed by atoms with Crippen molar-refractivity contribution < 1.29 is 13.9 Å². The highest BCUT2D eigenvalue weighted by Crippen LogP contribution is 2.27. The minimum absolute atomic E-state index is 0. The molecule has 1 saturated heterocycles. The molecule has 2 N–H and O–H groups in total. The summed E-state index contributed by atoms with van der Waals surface area (Å²) in [5, 5.41) is 12.3. The number of nitrogens with zero attached hydrogens (tertiary/aromatic N) is 1. The van der Waals surface area contributed by atoms with Crippen LogP contribution in [-0.2, 0) is 0 Å². The molecule has 0 aromatic heterocycles. The molecule has 1 fully saturated rings. The maximum Gasteiger partial charge on any atom is 0.159 e. The van der Waals surface area contributed by atoms with Gasteiger partial charge in [-0.2, -0.15) is 0 Å². The molecule has 0 unspecified atom stereocenters. The number of piperazine rings is 1. The molecule has 20 heavy (non-hydrogen) atoms. The quantitative estimate of drug-likeness (QED) is 0.874. The van der Waals surface area contributed by atoms with E-state index in [4.69, 9.17) is 5.11 Å². The average molecular weight is 307 g/mol. The van der Waals surface area contributed by atoms with E-state index in [0.717, 1.165) is 38.2 Å². The smallest absolute Gasteiger partial charge is 0.159 e. The van der Waals surface area contributed by atoms with Crippen LogP contribution in [0.4, 0.5) is 8.78 Å². The summed E-state index contributed by atoms with van der Waals surface area (Å²) in [6, 6.07) is 4.14. The summed E-state index contributed by atoms with van der Waals surface area (Å²) in [6.07, 6.45) is 1.41. The SMILES string of the molecule is Cl.OCCC[C@H](c1ccc(F)c(F)c1)N1CCNCC1. The van der Waals surface area contributed by atoms with Crippen LogP contribution in [0, 0.1) is 11.6 Å². The van der Waals surface area contributed by atoms with Crippen LogP contribution in [0.15, 0.2) is 18.2 Å². The fourth-order valence-electron chi connectivity index (χ4n) is 2.56. The highest BCUT2D eigenvalue weighted by atomic mass is 35.5. The van der Waals surface area contributed by atoms with E-state index in [1.165, 1.54) is 12.1 Å². The van der Waals surface area contributed by atoms with Gasteiger partial charge in [-0.15, -0.1) is 12.4 Å². The Labute approximate surface area is 124 Å². The molecule has 0 saturated carbocycles. The van der Waals surface area contributed by atoms with Crippen molar-refractivity contribution >= 4 is 12.4 Å². The minimum atomic E-state index is -0.815. The first-order chi connectivity index (χ1) is 9.22. The summed E-state index contributed by atoms with van der Waals surface area (Å²) in [4.78, 5) is 2.26. The maximum atomic E-state index is 13.4. The number of hydrogen-bond donors (Lipinski definition) is 2. The van der Waals surface area contributed by atoms with Gasteiger partial charge in [0.2, 0.25) is 0 Å². The highest BCUT2D eigenvalue weighted by molar-refractivity contribution is 5.85. The van der Waals surface area contributed by atoms with E-state index >= 15 is 0 Å². The second-order valence-electron chi connectivity index (χ2n) is 4.84. The first-order valence-electron chi connectivity index (χ1n) is 6.73. The maximum absolute atomic E-state index is 13.4. The Hall–Kier alpha value is -0.750. The van der Waals surface area contributed by atoms with Crippen LogP contribution >= 0.6 is 12.4 Å². The number of halogens is 3. The molecule has 0 spiro atoms. The van der Waals surface area contributed by atoms with Gasteiger partial charge < -0.3 is 10.4 Å². The van der Waals surface area contributed by atoms with E-state index in [2.05, 4.69) is 10.2 Å². The highest BCUT2D eigenvalue weighted by Gasteiger charge is 2.22. The number of rotatable bonds is 5. The van der Waals surface area contributed by atoms with E-state index in [1.54, 1.807) is 6.07 Å². The van der Waals surface area contributed by atoms with E-state index in [-0.39, 0.29) is 25.1 Å². The summed E-state index contributed by atoms with van der Waals surface area (Å²) in [6.45, 7) is 3.69. The molecule has 0 bridgehead atoms. The lowest BCUT2D eigenvalue weighted by Gasteiger charge is -2.35. The summed E-state index contributed by atoms with van der Waals surface area (Å²) in [5.41, 5.74) is 0.786. The van der Waals surface area contributed by atoms with Gasteiger partial charge >= 0.3 is 0 Å². The molecule has 1 aromatic rings. The number of aliphatic hydroxyl groups excluding tert-OH is 1. The first kappa shape index (κ1) is 17.3. The van der Waals surface area contributed by atoms with Crippen molar-refractivity contribution in [2.24, 2.45) is 0 Å². The van der Waals surface area contributed by atoms with Gasteiger partial charge in [0.15, 0.2) is 11.6 Å². The van der Waals surface area contributed by atoms with Gasteiger partial charge in [0.1, 0.15) is 0 Å². The van der Waals surface area contributed by atoms with Crippen LogP contribution in [0.5, 0.6) is 0 Å². The van der Waals surface area contributed by atoms with Crippen LogP contribution in [0.3, 0.4) is 0 Å². The fourth-order valence-corrected chi connectivity index (χ4v) is 2.56. The summed E-state index contributed by atoms with van der Waals surface area (Å²) in [5.74, 6) is -1.62. The number of aliphatic hydroxyl groups is 1. The van der Waals surface area contributed by atoms with Crippen molar-refractivity contribution in [3.63, 3.8) is 0 Å². The third kappa shape index (κ3) is 4.38. The lowest BCUT2D eigenvalue weighted by Crippen LogP contribution is -2.45. The normalized spacial score (nSPS) is 17.6. The van der Waals surface area contributed by atoms with Gasteiger partial charge in [0.05, 0.1) is 0 Å². The van der Waals surface area contributed by atoms with Gasteiger partial charge in [-0.05, 0) is 30.5 Å². The van der Waals surface area contributed by atoms with E-state index in [1.807, 2.05) is 0 Å². The van der Waals surface area contributed by atoms with Gasteiger partial charge in [-0.25, -0.2) is 8.78 Å². The summed E-state index contributed by atoms with van der Waals surface area (Å²) < 4.78 is 26.4. The van der Waals surface area contributed by atoms with Gasteiger partial charge in [-0.3, -0.25) is 4.90 Å². The Morgan fingerprint density at radius 3 is 2.50 bits per heavy atom. The summed E-state index contributed by atoms with van der Waals surface area (Å²) >= 11 is 0. The molecular weight excluding hydrogens is 286 g/mol. The van der Waals surface area contributed by atoms with E-state index in [0.29, 0.717) is 6.42 Å². The molecule has 1 aliphatic rings. The molecule has 2 rings (SSSR count). The van der Waals surface area contributed by atoms with Gasteiger partial charge in [0, 0.05) is 38.8 Å². The Morgan fingerprint density at radius 2 is 1.90 bits per heavy atom. The third-order valence-electron chi connectivity index (χ3n) is 3.56. The fraction of sp³-hybridized carbons (Fsp3) is 0.571. The molecule has 0 radical (unpaired) electrons. The minimum Gasteiger partial charge on any atom is -0.396 e. The zero-order valence-electron chi connectivity index (χ0n) is 11.3. The molecule has 3 nitrogen and oxygen atoms in total.